The first-order valence-corrected chi connectivity index (χ1v) is 7.86. The van der Waals surface area contributed by atoms with E-state index in [9.17, 15) is 14.7 Å². The van der Waals surface area contributed by atoms with Gasteiger partial charge < -0.3 is 5.11 Å². The standard InChI is InChI=1S/C17H11Cl2N3O3/c18-10-6-7-14(13(19)8-10)20-9-12-15(23)21-17(25)22(16(12)24)11-4-2-1-3-5-11/h1-9,24H,(H,21,23,25). The summed E-state index contributed by atoms with van der Waals surface area (Å²) >= 11 is 11.8. The second kappa shape index (κ2) is 6.96. The van der Waals surface area contributed by atoms with Crippen LogP contribution in [0.15, 0.2) is 63.1 Å². The largest absolute Gasteiger partial charge is 0.493 e. The predicted molar refractivity (Wildman–Crippen MR) is 98.0 cm³/mol. The van der Waals surface area contributed by atoms with Crippen molar-refractivity contribution in [1.82, 2.24) is 9.55 Å². The summed E-state index contributed by atoms with van der Waals surface area (Å²) in [5, 5.41) is 11.1. The molecule has 0 fully saturated rings. The van der Waals surface area contributed by atoms with Crippen molar-refractivity contribution < 1.29 is 5.11 Å². The number of rotatable bonds is 3. The number of aromatic hydroxyl groups is 1. The van der Waals surface area contributed by atoms with Crippen LogP contribution in [0.3, 0.4) is 0 Å². The van der Waals surface area contributed by atoms with Gasteiger partial charge in [0.25, 0.3) is 5.56 Å². The number of aromatic amines is 1. The van der Waals surface area contributed by atoms with Crippen LogP contribution in [-0.2, 0) is 0 Å². The van der Waals surface area contributed by atoms with Crippen LogP contribution >= 0.6 is 23.2 Å². The van der Waals surface area contributed by atoms with E-state index in [-0.39, 0.29) is 10.6 Å². The Hall–Kier alpha value is -2.83. The van der Waals surface area contributed by atoms with E-state index in [0.717, 1.165) is 10.8 Å². The van der Waals surface area contributed by atoms with Gasteiger partial charge in [-0.25, -0.2) is 9.36 Å². The van der Waals surface area contributed by atoms with Crippen molar-refractivity contribution in [2.45, 2.75) is 0 Å². The Bertz CT molecular complexity index is 1070. The number of nitrogens with zero attached hydrogens (tertiary/aromatic N) is 2. The summed E-state index contributed by atoms with van der Waals surface area (Å²) < 4.78 is 0.978. The Morgan fingerprint density at radius 1 is 1.08 bits per heavy atom. The fourth-order valence-corrected chi connectivity index (χ4v) is 2.65. The minimum Gasteiger partial charge on any atom is -0.493 e. The van der Waals surface area contributed by atoms with E-state index in [0.29, 0.717) is 16.4 Å². The summed E-state index contributed by atoms with van der Waals surface area (Å²) in [7, 11) is 0. The minimum atomic E-state index is -0.761. The number of hydrogen-bond acceptors (Lipinski definition) is 4. The quantitative estimate of drug-likeness (QED) is 0.688. The molecule has 0 aliphatic carbocycles. The van der Waals surface area contributed by atoms with Crippen LogP contribution in [0, 0.1) is 0 Å². The van der Waals surface area contributed by atoms with Crippen LogP contribution in [0.25, 0.3) is 5.69 Å². The summed E-state index contributed by atoms with van der Waals surface area (Å²) in [6.07, 6.45) is 1.14. The molecule has 25 heavy (non-hydrogen) atoms. The number of para-hydroxylation sites is 1. The van der Waals surface area contributed by atoms with Gasteiger partial charge in [-0.15, -0.1) is 0 Å². The Labute approximate surface area is 151 Å². The van der Waals surface area contributed by atoms with Gasteiger partial charge >= 0.3 is 5.69 Å². The Morgan fingerprint density at radius 3 is 2.48 bits per heavy atom. The van der Waals surface area contributed by atoms with Crippen molar-refractivity contribution in [1.29, 1.82) is 0 Å². The van der Waals surface area contributed by atoms with Crippen molar-refractivity contribution in [3.63, 3.8) is 0 Å². The van der Waals surface area contributed by atoms with Crippen LogP contribution in [0.1, 0.15) is 5.56 Å². The molecule has 3 rings (SSSR count). The number of aromatic nitrogens is 2. The van der Waals surface area contributed by atoms with E-state index >= 15 is 0 Å². The van der Waals surface area contributed by atoms with Crippen molar-refractivity contribution in [2.24, 2.45) is 4.99 Å². The van der Waals surface area contributed by atoms with Gasteiger partial charge in [-0.1, -0.05) is 41.4 Å². The van der Waals surface area contributed by atoms with E-state index in [1.165, 1.54) is 6.07 Å². The number of H-pyrrole nitrogens is 1. The highest BCUT2D eigenvalue weighted by atomic mass is 35.5. The molecule has 0 amide bonds. The zero-order valence-electron chi connectivity index (χ0n) is 12.6. The zero-order valence-corrected chi connectivity index (χ0v) is 14.1. The lowest BCUT2D eigenvalue weighted by molar-refractivity contribution is 0.430. The van der Waals surface area contributed by atoms with E-state index in [2.05, 4.69) is 9.98 Å². The molecule has 0 aliphatic rings. The first kappa shape index (κ1) is 17.0. The van der Waals surface area contributed by atoms with Gasteiger partial charge in [-0.2, -0.15) is 0 Å². The van der Waals surface area contributed by atoms with Crippen LogP contribution in [-0.4, -0.2) is 20.9 Å². The zero-order chi connectivity index (χ0) is 18.0. The fourth-order valence-electron chi connectivity index (χ4n) is 2.19. The van der Waals surface area contributed by atoms with Gasteiger partial charge in [-0.3, -0.25) is 14.8 Å². The molecule has 0 saturated heterocycles. The fraction of sp³-hybridized carbons (Fsp3) is 0. The highest BCUT2D eigenvalue weighted by Gasteiger charge is 2.14. The Balaban J connectivity index is 2.12. The number of halogens is 2. The molecule has 2 N–H and O–H groups in total. The molecule has 126 valence electrons. The van der Waals surface area contributed by atoms with E-state index in [1.54, 1.807) is 42.5 Å². The second-order valence-electron chi connectivity index (χ2n) is 5.02. The third-order valence-corrected chi connectivity index (χ3v) is 3.92. The van der Waals surface area contributed by atoms with E-state index in [4.69, 9.17) is 23.2 Å². The summed E-state index contributed by atoms with van der Waals surface area (Å²) in [6.45, 7) is 0. The molecule has 0 aliphatic heterocycles. The number of hydrogen-bond donors (Lipinski definition) is 2. The molecule has 2 aromatic carbocycles. The Kier molecular flexibility index (Phi) is 4.74. The topological polar surface area (TPSA) is 87.5 Å². The number of benzene rings is 2. The lowest BCUT2D eigenvalue weighted by Crippen LogP contribution is -2.31. The van der Waals surface area contributed by atoms with E-state index < -0.39 is 17.1 Å². The van der Waals surface area contributed by atoms with Gasteiger partial charge in [0.1, 0.15) is 5.56 Å². The lowest BCUT2D eigenvalue weighted by atomic mass is 10.3. The van der Waals surface area contributed by atoms with Gasteiger partial charge in [-0.05, 0) is 30.3 Å². The minimum absolute atomic E-state index is 0.172. The molecule has 0 spiro atoms. The normalized spacial score (nSPS) is 11.1. The third kappa shape index (κ3) is 3.50. The summed E-state index contributed by atoms with van der Waals surface area (Å²) in [6, 6.07) is 13.1. The highest BCUT2D eigenvalue weighted by molar-refractivity contribution is 6.36. The molecular formula is C17H11Cl2N3O3. The first-order valence-electron chi connectivity index (χ1n) is 7.10. The van der Waals surface area contributed by atoms with Gasteiger partial charge in [0.05, 0.1) is 16.4 Å². The van der Waals surface area contributed by atoms with Gasteiger partial charge in [0.15, 0.2) is 0 Å². The van der Waals surface area contributed by atoms with Crippen molar-refractivity contribution in [3.8, 4) is 11.6 Å². The predicted octanol–water partition coefficient (Wildman–Crippen LogP) is 3.29. The molecule has 6 nitrogen and oxygen atoms in total. The average Bonchev–Trinajstić information content (AvgIpc) is 2.57. The molecule has 0 bridgehead atoms. The molecule has 0 saturated carbocycles. The van der Waals surface area contributed by atoms with Crippen molar-refractivity contribution >= 4 is 35.1 Å². The Morgan fingerprint density at radius 2 is 1.80 bits per heavy atom. The number of aliphatic imine (C=N–C) groups is 1. The monoisotopic (exact) mass is 375 g/mol. The second-order valence-corrected chi connectivity index (χ2v) is 5.87. The summed E-state index contributed by atoms with van der Waals surface area (Å²) in [4.78, 5) is 30.3. The van der Waals surface area contributed by atoms with Gasteiger partial charge in [0, 0.05) is 11.2 Å². The summed E-state index contributed by atoms with van der Waals surface area (Å²) in [5.41, 5.74) is -0.920. The molecule has 8 heteroatoms. The van der Waals surface area contributed by atoms with Crippen LogP contribution in [0.2, 0.25) is 10.0 Å². The molecule has 3 aromatic rings. The molecule has 0 unspecified atom stereocenters. The van der Waals surface area contributed by atoms with Crippen LogP contribution < -0.4 is 11.2 Å². The van der Waals surface area contributed by atoms with Crippen LogP contribution in [0.4, 0.5) is 5.69 Å². The van der Waals surface area contributed by atoms with E-state index in [1.807, 2.05) is 0 Å². The number of nitrogens with one attached hydrogen (secondary N) is 1. The third-order valence-electron chi connectivity index (χ3n) is 3.38. The first-order chi connectivity index (χ1) is 12.0. The highest BCUT2D eigenvalue weighted by Crippen LogP contribution is 2.28. The SMILES string of the molecule is O=c1[nH]c(=O)n(-c2ccccc2)c(O)c1C=Nc1ccc(Cl)cc1Cl. The lowest BCUT2D eigenvalue weighted by Gasteiger charge is -2.09. The maximum atomic E-state index is 12.0. The molecular weight excluding hydrogens is 365 g/mol. The molecule has 0 atom stereocenters. The molecule has 1 heterocycles. The molecule has 0 radical (unpaired) electrons. The maximum Gasteiger partial charge on any atom is 0.335 e. The van der Waals surface area contributed by atoms with Crippen molar-refractivity contribution in [2.75, 3.05) is 0 Å². The van der Waals surface area contributed by atoms with Crippen LogP contribution in [0.5, 0.6) is 5.88 Å². The summed E-state index contributed by atoms with van der Waals surface area (Å²) in [5.74, 6) is -0.520. The smallest absolute Gasteiger partial charge is 0.335 e. The average molecular weight is 376 g/mol. The van der Waals surface area contributed by atoms with Gasteiger partial charge in [0.2, 0.25) is 5.88 Å². The van der Waals surface area contributed by atoms with Crippen molar-refractivity contribution in [3.05, 3.63) is 85.0 Å². The molecule has 1 aromatic heterocycles. The maximum absolute atomic E-state index is 12.0.